The van der Waals surface area contributed by atoms with E-state index in [0.717, 1.165) is 5.92 Å². The van der Waals surface area contributed by atoms with Crippen LogP contribution in [0.3, 0.4) is 0 Å². The average Bonchev–Trinajstić information content (AvgIpc) is 2.52. The fraction of sp³-hybridized carbons (Fsp3) is 0.833. The fourth-order valence-electron chi connectivity index (χ4n) is 1.96. The van der Waals surface area contributed by atoms with Crippen LogP contribution in [0.2, 0.25) is 0 Å². The van der Waals surface area contributed by atoms with Crippen molar-refractivity contribution in [2.24, 2.45) is 5.92 Å². The van der Waals surface area contributed by atoms with Gasteiger partial charge in [0.05, 0.1) is 0 Å². The summed E-state index contributed by atoms with van der Waals surface area (Å²) in [5.74, 6) is 0.878. The quantitative estimate of drug-likeness (QED) is 0.587. The number of hydrogen-bond acceptors (Lipinski definition) is 1. The van der Waals surface area contributed by atoms with E-state index in [1.807, 2.05) is 0 Å². The second kappa shape index (κ2) is 5.31. The summed E-state index contributed by atoms with van der Waals surface area (Å²) in [7, 11) is 0. The van der Waals surface area contributed by atoms with Crippen molar-refractivity contribution in [2.45, 2.75) is 46.0 Å². The number of hydrogen-bond donors (Lipinski definition) is 0. The van der Waals surface area contributed by atoms with Gasteiger partial charge in [0.25, 0.3) is 0 Å². The minimum atomic E-state index is 0.878. The van der Waals surface area contributed by atoms with Crippen LogP contribution < -0.4 is 0 Å². The molecule has 13 heavy (non-hydrogen) atoms. The van der Waals surface area contributed by atoms with Crippen LogP contribution in [-0.2, 0) is 0 Å². The van der Waals surface area contributed by atoms with Gasteiger partial charge in [-0.2, -0.15) is 0 Å². The summed E-state index contributed by atoms with van der Waals surface area (Å²) in [5.41, 5.74) is 1.37. The molecule has 1 heterocycles. The van der Waals surface area contributed by atoms with Gasteiger partial charge >= 0.3 is 0 Å². The van der Waals surface area contributed by atoms with Crippen molar-refractivity contribution in [2.75, 3.05) is 13.1 Å². The highest BCUT2D eigenvalue weighted by Gasteiger charge is 2.18. The Bertz CT molecular complexity index is 163. The molecule has 1 heteroatoms. The van der Waals surface area contributed by atoms with Crippen LogP contribution in [0.15, 0.2) is 12.3 Å². The maximum Gasteiger partial charge on any atom is 0.0201 e. The first kappa shape index (κ1) is 10.6. The zero-order chi connectivity index (χ0) is 9.68. The lowest BCUT2D eigenvalue weighted by Gasteiger charge is -2.20. The van der Waals surface area contributed by atoms with Crippen LogP contribution in [0, 0.1) is 5.92 Å². The molecular weight excluding hydrogens is 158 g/mol. The molecule has 0 aromatic heterocycles. The molecule has 1 unspecified atom stereocenters. The molecule has 0 bridgehead atoms. The Morgan fingerprint density at radius 2 is 2.23 bits per heavy atom. The lowest BCUT2D eigenvalue weighted by atomic mass is 10.1. The second-order valence-corrected chi connectivity index (χ2v) is 4.36. The van der Waals surface area contributed by atoms with E-state index in [1.165, 1.54) is 50.9 Å². The molecule has 1 rings (SSSR count). The largest absolute Gasteiger partial charge is 0.375 e. The SMILES string of the molecule is C=C(CCCCC)N1CCC(C)C1. The van der Waals surface area contributed by atoms with Crippen molar-refractivity contribution >= 4 is 0 Å². The molecule has 0 spiro atoms. The molecular formula is C12H23N. The summed E-state index contributed by atoms with van der Waals surface area (Å²) >= 11 is 0. The maximum absolute atomic E-state index is 4.17. The molecule has 1 aliphatic rings. The summed E-state index contributed by atoms with van der Waals surface area (Å²) < 4.78 is 0. The molecule has 0 aromatic carbocycles. The Labute approximate surface area is 82.8 Å². The summed E-state index contributed by atoms with van der Waals surface area (Å²) in [5, 5.41) is 0. The van der Waals surface area contributed by atoms with Crippen molar-refractivity contribution in [3.8, 4) is 0 Å². The first-order valence-electron chi connectivity index (χ1n) is 5.66. The predicted octanol–water partition coefficient (Wildman–Crippen LogP) is 3.42. The van der Waals surface area contributed by atoms with Gasteiger partial charge in [-0.25, -0.2) is 0 Å². The van der Waals surface area contributed by atoms with Crippen LogP contribution >= 0.6 is 0 Å². The molecule has 0 saturated carbocycles. The summed E-state index contributed by atoms with van der Waals surface area (Å²) in [6, 6.07) is 0. The minimum Gasteiger partial charge on any atom is -0.375 e. The van der Waals surface area contributed by atoms with E-state index in [1.54, 1.807) is 0 Å². The van der Waals surface area contributed by atoms with E-state index >= 15 is 0 Å². The Hall–Kier alpha value is -0.460. The zero-order valence-corrected chi connectivity index (χ0v) is 9.18. The lowest BCUT2D eigenvalue weighted by molar-refractivity contribution is 0.391. The first-order chi connectivity index (χ1) is 6.24. The zero-order valence-electron chi connectivity index (χ0n) is 9.18. The third kappa shape index (κ3) is 3.41. The summed E-state index contributed by atoms with van der Waals surface area (Å²) in [4.78, 5) is 2.47. The number of likely N-dealkylation sites (tertiary alicyclic amines) is 1. The molecule has 1 atom stereocenters. The number of nitrogens with zero attached hydrogens (tertiary/aromatic N) is 1. The molecule has 1 fully saturated rings. The van der Waals surface area contributed by atoms with Crippen LogP contribution in [0.25, 0.3) is 0 Å². The second-order valence-electron chi connectivity index (χ2n) is 4.36. The highest BCUT2D eigenvalue weighted by molar-refractivity contribution is 4.96. The van der Waals surface area contributed by atoms with Crippen LogP contribution in [0.5, 0.6) is 0 Å². The minimum absolute atomic E-state index is 0.878. The normalized spacial score (nSPS) is 22.3. The summed E-state index contributed by atoms with van der Waals surface area (Å²) in [6.07, 6.45) is 6.54. The van der Waals surface area contributed by atoms with Crippen molar-refractivity contribution in [3.63, 3.8) is 0 Å². The van der Waals surface area contributed by atoms with E-state index in [4.69, 9.17) is 0 Å². The van der Waals surface area contributed by atoms with E-state index < -0.39 is 0 Å². The molecule has 1 nitrogen and oxygen atoms in total. The van der Waals surface area contributed by atoms with Gasteiger partial charge in [-0.05, 0) is 25.2 Å². The average molecular weight is 181 g/mol. The van der Waals surface area contributed by atoms with Gasteiger partial charge < -0.3 is 4.90 Å². The van der Waals surface area contributed by atoms with Crippen LogP contribution in [0.4, 0.5) is 0 Å². The summed E-state index contributed by atoms with van der Waals surface area (Å²) in [6.45, 7) is 11.2. The van der Waals surface area contributed by atoms with Gasteiger partial charge in [0.1, 0.15) is 0 Å². The van der Waals surface area contributed by atoms with Crippen LogP contribution in [-0.4, -0.2) is 18.0 Å². The number of allylic oxidation sites excluding steroid dienone is 1. The topological polar surface area (TPSA) is 3.24 Å². The molecule has 1 aliphatic heterocycles. The van der Waals surface area contributed by atoms with Crippen molar-refractivity contribution in [1.82, 2.24) is 4.90 Å². The van der Waals surface area contributed by atoms with Gasteiger partial charge in [-0.1, -0.05) is 33.3 Å². The third-order valence-corrected chi connectivity index (χ3v) is 2.94. The standard InChI is InChI=1S/C12H23N/c1-4-5-6-7-12(3)13-9-8-11(2)10-13/h11H,3-10H2,1-2H3. The van der Waals surface area contributed by atoms with Gasteiger partial charge in [0.2, 0.25) is 0 Å². The molecule has 0 aromatic rings. The monoisotopic (exact) mass is 181 g/mol. The van der Waals surface area contributed by atoms with E-state index in [-0.39, 0.29) is 0 Å². The van der Waals surface area contributed by atoms with Gasteiger partial charge in [-0.3, -0.25) is 0 Å². The number of unbranched alkanes of at least 4 members (excludes halogenated alkanes) is 2. The molecule has 0 N–H and O–H groups in total. The van der Waals surface area contributed by atoms with E-state index in [9.17, 15) is 0 Å². The lowest BCUT2D eigenvalue weighted by Crippen LogP contribution is -2.18. The van der Waals surface area contributed by atoms with Crippen molar-refractivity contribution < 1.29 is 0 Å². The maximum atomic E-state index is 4.17. The predicted molar refractivity (Wildman–Crippen MR) is 58.6 cm³/mol. The molecule has 1 saturated heterocycles. The molecule has 0 amide bonds. The molecule has 0 radical (unpaired) electrons. The first-order valence-corrected chi connectivity index (χ1v) is 5.66. The van der Waals surface area contributed by atoms with Crippen molar-refractivity contribution in [3.05, 3.63) is 12.3 Å². The molecule has 0 aliphatic carbocycles. The molecule has 76 valence electrons. The van der Waals surface area contributed by atoms with E-state index in [0.29, 0.717) is 0 Å². The fourth-order valence-corrected chi connectivity index (χ4v) is 1.96. The Morgan fingerprint density at radius 1 is 1.46 bits per heavy atom. The highest BCUT2D eigenvalue weighted by atomic mass is 15.2. The van der Waals surface area contributed by atoms with Crippen LogP contribution in [0.1, 0.15) is 46.0 Å². The Morgan fingerprint density at radius 3 is 2.77 bits per heavy atom. The van der Waals surface area contributed by atoms with Gasteiger partial charge in [-0.15, -0.1) is 0 Å². The van der Waals surface area contributed by atoms with Crippen molar-refractivity contribution in [1.29, 1.82) is 0 Å². The van der Waals surface area contributed by atoms with Gasteiger partial charge in [0, 0.05) is 18.8 Å². The van der Waals surface area contributed by atoms with Gasteiger partial charge in [0.15, 0.2) is 0 Å². The number of rotatable bonds is 5. The smallest absolute Gasteiger partial charge is 0.0201 e. The highest BCUT2D eigenvalue weighted by Crippen LogP contribution is 2.21. The third-order valence-electron chi connectivity index (χ3n) is 2.94. The Balaban J connectivity index is 2.16. The Kier molecular flexibility index (Phi) is 4.34. The van der Waals surface area contributed by atoms with E-state index in [2.05, 4.69) is 25.3 Å².